The molecular formula is C13H15NS. The number of benzene rings is 1. The molecule has 2 aromatic rings. The molecule has 2 heterocycles. The van der Waals surface area contributed by atoms with Gasteiger partial charge in [0, 0.05) is 22.3 Å². The fourth-order valence-electron chi connectivity index (χ4n) is 2.35. The number of H-pyrrole nitrogens is 1. The molecular weight excluding hydrogens is 202 g/mol. The van der Waals surface area contributed by atoms with Gasteiger partial charge >= 0.3 is 0 Å². The van der Waals surface area contributed by atoms with E-state index in [1.54, 1.807) is 0 Å². The molecule has 0 saturated carbocycles. The minimum absolute atomic E-state index is 0.717. The monoisotopic (exact) mass is 217 g/mol. The minimum Gasteiger partial charge on any atom is -0.361 e. The quantitative estimate of drug-likeness (QED) is 0.759. The van der Waals surface area contributed by atoms with Gasteiger partial charge in [-0.2, -0.15) is 11.8 Å². The number of fused-ring (bicyclic) bond motifs is 1. The normalized spacial score (nSPS) is 22.0. The number of hydrogen-bond donors (Lipinski definition) is 1. The zero-order valence-corrected chi connectivity index (χ0v) is 9.52. The summed E-state index contributed by atoms with van der Waals surface area (Å²) in [5, 5.41) is 2.13. The fraction of sp³-hybridized carbons (Fsp3) is 0.385. The highest BCUT2D eigenvalue weighted by Gasteiger charge is 2.18. The van der Waals surface area contributed by atoms with E-state index in [1.165, 1.54) is 41.5 Å². The van der Waals surface area contributed by atoms with Crippen LogP contribution in [0.4, 0.5) is 0 Å². The maximum Gasteiger partial charge on any atom is 0.0457 e. The van der Waals surface area contributed by atoms with Crippen LogP contribution in [0.25, 0.3) is 10.9 Å². The first-order valence-electron chi connectivity index (χ1n) is 5.63. The van der Waals surface area contributed by atoms with Gasteiger partial charge < -0.3 is 4.98 Å². The van der Waals surface area contributed by atoms with E-state index in [0.717, 1.165) is 5.25 Å². The van der Waals surface area contributed by atoms with E-state index in [1.807, 2.05) is 0 Å². The van der Waals surface area contributed by atoms with E-state index in [0.29, 0.717) is 0 Å². The minimum atomic E-state index is 0.717. The lowest BCUT2D eigenvalue weighted by Gasteiger charge is -2.20. The van der Waals surface area contributed by atoms with Crippen molar-refractivity contribution >= 4 is 22.7 Å². The van der Waals surface area contributed by atoms with Crippen LogP contribution in [0.2, 0.25) is 0 Å². The maximum absolute atomic E-state index is 3.37. The summed E-state index contributed by atoms with van der Waals surface area (Å²) in [6.07, 6.45) is 6.32. The second kappa shape index (κ2) is 3.93. The van der Waals surface area contributed by atoms with Gasteiger partial charge in [0.15, 0.2) is 0 Å². The zero-order chi connectivity index (χ0) is 10.1. The van der Waals surface area contributed by atoms with Crippen LogP contribution in [0, 0.1) is 0 Å². The van der Waals surface area contributed by atoms with Gasteiger partial charge in [-0.05, 0) is 30.2 Å². The van der Waals surface area contributed by atoms with Gasteiger partial charge in [0.2, 0.25) is 0 Å². The highest BCUT2D eigenvalue weighted by atomic mass is 32.2. The number of para-hydroxylation sites is 1. The van der Waals surface area contributed by atoms with Crippen molar-refractivity contribution in [1.82, 2.24) is 4.98 Å². The molecule has 1 aliphatic heterocycles. The Morgan fingerprint density at radius 1 is 1.20 bits per heavy atom. The van der Waals surface area contributed by atoms with Crippen molar-refractivity contribution in [2.75, 3.05) is 5.75 Å². The number of hydrogen-bond acceptors (Lipinski definition) is 1. The molecule has 0 amide bonds. The van der Waals surface area contributed by atoms with Crippen LogP contribution in [0.3, 0.4) is 0 Å². The van der Waals surface area contributed by atoms with Gasteiger partial charge in [-0.3, -0.25) is 0 Å². The number of rotatable bonds is 1. The number of thioether (sulfide) groups is 1. The molecule has 2 heteroatoms. The Bertz CT molecular complexity index is 454. The van der Waals surface area contributed by atoms with Gasteiger partial charge in [-0.25, -0.2) is 0 Å². The Morgan fingerprint density at radius 2 is 2.13 bits per heavy atom. The average molecular weight is 217 g/mol. The third kappa shape index (κ3) is 1.67. The van der Waals surface area contributed by atoms with Crippen LogP contribution >= 0.6 is 11.8 Å². The molecule has 0 radical (unpaired) electrons. The molecule has 1 aliphatic rings. The molecule has 0 spiro atoms. The fourth-order valence-corrected chi connectivity index (χ4v) is 3.71. The lowest BCUT2D eigenvalue weighted by Crippen LogP contribution is -2.01. The smallest absolute Gasteiger partial charge is 0.0457 e. The third-order valence-corrected chi connectivity index (χ3v) is 4.56. The Balaban J connectivity index is 2.02. The summed E-state index contributed by atoms with van der Waals surface area (Å²) >= 11 is 2.12. The largest absolute Gasteiger partial charge is 0.361 e. The summed E-state index contributed by atoms with van der Waals surface area (Å²) in [6.45, 7) is 0. The van der Waals surface area contributed by atoms with Gasteiger partial charge in [0.25, 0.3) is 0 Å². The topological polar surface area (TPSA) is 15.8 Å². The van der Waals surface area contributed by atoms with Crippen LogP contribution in [0.1, 0.15) is 30.1 Å². The summed E-state index contributed by atoms with van der Waals surface area (Å²) in [5.41, 5.74) is 2.79. The molecule has 3 rings (SSSR count). The molecule has 1 saturated heterocycles. The molecule has 0 bridgehead atoms. The second-order valence-corrected chi connectivity index (χ2v) is 5.46. The molecule has 78 valence electrons. The Kier molecular flexibility index (Phi) is 2.45. The predicted octanol–water partition coefficient (Wildman–Crippen LogP) is 4.13. The van der Waals surface area contributed by atoms with Crippen molar-refractivity contribution in [2.24, 2.45) is 0 Å². The molecule has 1 N–H and O–H groups in total. The Hall–Kier alpha value is -0.890. The first-order valence-corrected chi connectivity index (χ1v) is 6.67. The van der Waals surface area contributed by atoms with Crippen molar-refractivity contribution in [3.8, 4) is 0 Å². The summed E-state index contributed by atoms with van der Waals surface area (Å²) in [7, 11) is 0. The van der Waals surface area contributed by atoms with Crippen molar-refractivity contribution in [1.29, 1.82) is 0 Å². The van der Waals surface area contributed by atoms with Crippen LogP contribution in [-0.4, -0.2) is 10.7 Å². The highest BCUT2D eigenvalue weighted by molar-refractivity contribution is 7.99. The molecule has 1 atom stereocenters. The maximum atomic E-state index is 3.37. The number of aromatic nitrogens is 1. The van der Waals surface area contributed by atoms with Crippen LogP contribution in [0.5, 0.6) is 0 Å². The lowest BCUT2D eigenvalue weighted by molar-refractivity contribution is 0.688. The number of nitrogens with one attached hydrogen (secondary N) is 1. The molecule has 1 fully saturated rings. The van der Waals surface area contributed by atoms with E-state index in [4.69, 9.17) is 0 Å². The van der Waals surface area contributed by atoms with Gasteiger partial charge in [-0.1, -0.05) is 24.6 Å². The van der Waals surface area contributed by atoms with Crippen molar-refractivity contribution in [3.05, 3.63) is 36.0 Å². The first-order chi connectivity index (χ1) is 7.45. The molecule has 1 nitrogen and oxygen atoms in total. The highest BCUT2D eigenvalue weighted by Crippen LogP contribution is 2.40. The second-order valence-electron chi connectivity index (χ2n) is 4.14. The molecule has 1 aromatic heterocycles. The van der Waals surface area contributed by atoms with Crippen LogP contribution in [0.15, 0.2) is 30.5 Å². The van der Waals surface area contributed by atoms with E-state index in [-0.39, 0.29) is 0 Å². The van der Waals surface area contributed by atoms with Gasteiger partial charge in [-0.15, -0.1) is 0 Å². The molecule has 1 aromatic carbocycles. The average Bonchev–Trinajstić information content (AvgIpc) is 2.74. The number of aromatic amines is 1. The van der Waals surface area contributed by atoms with Crippen molar-refractivity contribution < 1.29 is 0 Å². The zero-order valence-electron chi connectivity index (χ0n) is 8.70. The third-order valence-electron chi connectivity index (χ3n) is 3.15. The molecule has 1 unspecified atom stereocenters. The van der Waals surface area contributed by atoms with E-state index in [2.05, 4.69) is 47.2 Å². The summed E-state index contributed by atoms with van der Waals surface area (Å²) in [6, 6.07) is 8.62. The van der Waals surface area contributed by atoms with Crippen molar-refractivity contribution in [2.45, 2.75) is 24.5 Å². The standard InChI is InChI=1S/C13H15NS/c1-2-6-12-10(5-1)11(9-14-12)13-7-3-4-8-15-13/h1-2,5-6,9,13-14H,3-4,7-8H2. The summed E-state index contributed by atoms with van der Waals surface area (Å²) in [4.78, 5) is 3.37. The lowest BCUT2D eigenvalue weighted by atomic mass is 10.1. The van der Waals surface area contributed by atoms with Crippen LogP contribution in [-0.2, 0) is 0 Å². The van der Waals surface area contributed by atoms with E-state index in [9.17, 15) is 0 Å². The van der Waals surface area contributed by atoms with Crippen LogP contribution < -0.4 is 0 Å². The van der Waals surface area contributed by atoms with Gasteiger partial charge in [0.05, 0.1) is 0 Å². The summed E-state index contributed by atoms with van der Waals surface area (Å²) in [5.74, 6) is 1.32. The van der Waals surface area contributed by atoms with Crippen molar-refractivity contribution in [3.63, 3.8) is 0 Å². The SMILES string of the molecule is c1ccc2c(C3CCCCS3)c[nH]c2c1. The molecule has 15 heavy (non-hydrogen) atoms. The van der Waals surface area contributed by atoms with E-state index < -0.39 is 0 Å². The molecule has 0 aliphatic carbocycles. The van der Waals surface area contributed by atoms with Gasteiger partial charge in [0.1, 0.15) is 0 Å². The summed E-state index contributed by atoms with van der Waals surface area (Å²) < 4.78 is 0. The first kappa shape index (κ1) is 9.34. The Morgan fingerprint density at radius 3 is 3.00 bits per heavy atom. The van der Waals surface area contributed by atoms with E-state index >= 15 is 0 Å². The predicted molar refractivity (Wildman–Crippen MR) is 67.3 cm³/mol. The Labute approximate surface area is 94.3 Å².